The Kier molecular flexibility index (Phi) is 6.67. The van der Waals surface area contributed by atoms with Crippen LogP contribution < -0.4 is 10.5 Å². The van der Waals surface area contributed by atoms with Gasteiger partial charge in [0, 0.05) is 6.04 Å². The predicted molar refractivity (Wildman–Crippen MR) is 76.5 cm³/mol. The third-order valence-electron chi connectivity index (χ3n) is 3.21. The third-order valence-corrected chi connectivity index (χ3v) is 3.21. The molecule has 19 heavy (non-hydrogen) atoms. The van der Waals surface area contributed by atoms with Gasteiger partial charge in [-0.2, -0.15) is 0 Å². The molecule has 0 aliphatic rings. The molecular formula is C15H25NO3. The van der Waals surface area contributed by atoms with Crippen molar-refractivity contribution in [2.24, 2.45) is 5.73 Å². The smallest absolute Gasteiger partial charge is 0.161 e. The van der Waals surface area contributed by atoms with E-state index in [1.165, 1.54) is 0 Å². The number of phenols is 1. The van der Waals surface area contributed by atoms with Crippen molar-refractivity contribution in [3.05, 3.63) is 23.8 Å². The van der Waals surface area contributed by atoms with Crippen molar-refractivity contribution in [1.82, 2.24) is 0 Å². The molecule has 0 amide bonds. The Labute approximate surface area is 115 Å². The molecule has 4 heteroatoms. The number of nitrogens with two attached hydrogens (primary N) is 1. The van der Waals surface area contributed by atoms with Crippen LogP contribution in [0.15, 0.2) is 18.2 Å². The van der Waals surface area contributed by atoms with Crippen molar-refractivity contribution in [2.75, 3.05) is 6.61 Å². The highest BCUT2D eigenvalue weighted by molar-refractivity contribution is 5.45. The molecule has 0 fully saturated rings. The molecular weight excluding hydrogens is 242 g/mol. The molecule has 1 aromatic rings. The molecule has 0 radical (unpaired) electrons. The molecule has 0 bridgehead atoms. The van der Waals surface area contributed by atoms with Crippen LogP contribution >= 0.6 is 0 Å². The van der Waals surface area contributed by atoms with Crippen molar-refractivity contribution >= 4 is 0 Å². The van der Waals surface area contributed by atoms with Gasteiger partial charge in [0.2, 0.25) is 0 Å². The summed E-state index contributed by atoms with van der Waals surface area (Å²) >= 11 is 0. The van der Waals surface area contributed by atoms with Crippen molar-refractivity contribution in [3.8, 4) is 11.5 Å². The minimum absolute atomic E-state index is 0.167. The maximum atomic E-state index is 10.0. The van der Waals surface area contributed by atoms with E-state index in [0.29, 0.717) is 25.2 Å². The van der Waals surface area contributed by atoms with Gasteiger partial charge in [-0.1, -0.05) is 25.5 Å². The van der Waals surface area contributed by atoms with E-state index >= 15 is 0 Å². The van der Waals surface area contributed by atoms with Gasteiger partial charge in [-0.3, -0.25) is 0 Å². The van der Waals surface area contributed by atoms with Crippen LogP contribution in [0.4, 0.5) is 0 Å². The van der Waals surface area contributed by atoms with E-state index in [1.807, 2.05) is 26.0 Å². The number of aliphatic hydroxyl groups is 1. The van der Waals surface area contributed by atoms with Crippen molar-refractivity contribution in [2.45, 2.75) is 51.7 Å². The minimum Gasteiger partial charge on any atom is -0.504 e. The Morgan fingerprint density at radius 1 is 1.26 bits per heavy atom. The van der Waals surface area contributed by atoms with E-state index in [4.69, 9.17) is 10.5 Å². The number of benzene rings is 1. The van der Waals surface area contributed by atoms with E-state index in [2.05, 4.69) is 0 Å². The highest BCUT2D eigenvalue weighted by Gasteiger charge is 2.15. The molecule has 1 rings (SSSR count). The summed E-state index contributed by atoms with van der Waals surface area (Å²) in [5.41, 5.74) is 6.66. The van der Waals surface area contributed by atoms with Gasteiger partial charge < -0.3 is 20.7 Å². The Balaban J connectivity index is 2.60. The van der Waals surface area contributed by atoms with Gasteiger partial charge in [0.1, 0.15) is 0 Å². The fraction of sp³-hybridized carbons (Fsp3) is 0.600. The molecule has 108 valence electrons. The third kappa shape index (κ3) is 4.73. The summed E-state index contributed by atoms with van der Waals surface area (Å²) in [5, 5.41) is 20.0. The number of hydrogen-bond donors (Lipinski definition) is 3. The Morgan fingerprint density at radius 2 is 2.00 bits per heavy atom. The predicted octanol–water partition coefficient (Wildman–Crippen LogP) is 2.21. The Hall–Kier alpha value is -1.26. The van der Waals surface area contributed by atoms with Crippen molar-refractivity contribution < 1.29 is 14.9 Å². The summed E-state index contributed by atoms with van der Waals surface area (Å²) in [7, 11) is 0. The number of aliphatic hydroxyl groups excluding tert-OH is 1. The number of phenolic OH excluding ortho intramolecular Hbond substituents is 1. The highest BCUT2D eigenvalue weighted by Crippen LogP contribution is 2.30. The molecule has 4 N–H and O–H groups in total. The van der Waals surface area contributed by atoms with Crippen molar-refractivity contribution in [1.29, 1.82) is 0 Å². The average Bonchev–Trinajstić information content (AvgIpc) is 2.40. The van der Waals surface area contributed by atoms with Gasteiger partial charge in [0.05, 0.1) is 12.7 Å². The number of ether oxygens (including phenoxy) is 1. The number of hydrogen-bond acceptors (Lipinski definition) is 4. The lowest BCUT2D eigenvalue weighted by molar-refractivity contribution is 0.130. The summed E-state index contributed by atoms with van der Waals surface area (Å²) in [5.74, 6) is 0.660. The Bertz CT molecular complexity index is 382. The van der Waals surface area contributed by atoms with E-state index in [9.17, 15) is 10.2 Å². The van der Waals surface area contributed by atoms with Gasteiger partial charge in [-0.15, -0.1) is 0 Å². The first-order valence-corrected chi connectivity index (χ1v) is 6.97. The molecule has 0 aromatic heterocycles. The first-order chi connectivity index (χ1) is 9.10. The minimum atomic E-state index is -0.532. The quantitative estimate of drug-likeness (QED) is 0.675. The van der Waals surface area contributed by atoms with Gasteiger partial charge in [0.25, 0.3) is 0 Å². The first-order valence-electron chi connectivity index (χ1n) is 6.97. The molecule has 0 aliphatic carbocycles. The number of aryl methyl sites for hydroxylation is 1. The largest absolute Gasteiger partial charge is 0.504 e. The Morgan fingerprint density at radius 3 is 2.63 bits per heavy atom. The normalized spacial score (nSPS) is 14.1. The zero-order valence-corrected chi connectivity index (χ0v) is 11.8. The summed E-state index contributed by atoms with van der Waals surface area (Å²) < 4.78 is 5.33. The number of para-hydroxylation sites is 1. The molecule has 0 saturated carbocycles. The van der Waals surface area contributed by atoms with Gasteiger partial charge in [-0.05, 0) is 37.8 Å². The number of aromatic hydroxyl groups is 1. The van der Waals surface area contributed by atoms with Crippen LogP contribution in [-0.2, 0) is 6.42 Å². The monoisotopic (exact) mass is 267 g/mol. The van der Waals surface area contributed by atoms with Crippen LogP contribution in [0.2, 0.25) is 0 Å². The topological polar surface area (TPSA) is 75.7 Å². The van der Waals surface area contributed by atoms with E-state index < -0.39 is 6.10 Å². The summed E-state index contributed by atoms with van der Waals surface area (Å²) in [6.07, 6.45) is 2.38. The van der Waals surface area contributed by atoms with Gasteiger partial charge >= 0.3 is 0 Å². The van der Waals surface area contributed by atoms with E-state index in [-0.39, 0.29) is 11.8 Å². The van der Waals surface area contributed by atoms with E-state index in [1.54, 1.807) is 6.07 Å². The molecule has 0 aliphatic heterocycles. The fourth-order valence-corrected chi connectivity index (χ4v) is 2.08. The highest BCUT2D eigenvalue weighted by atomic mass is 16.5. The lowest BCUT2D eigenvalue weighted by Crippen LogP contribution is -2.34. The molecule has 1 aromatic carbocycles. The molecule has 2 atom stereocenters. The lowest BCUT2D eigenvalue weighted by atomic mass is 9.99. The first kappa shape index (κ1) is 15.8. The van der Waals surface area contributed by atoms with Crippen LogP contribution in [0.1, 0.15) is 38.7 Å². The van der Waals surface area contributed by atoms with E-state index in [0.717, 1.165) is 18.4 Å². The maximum absolute atomic E-state index is 10.0. The maximum Gasteiger partial charge on any atom is 0.161 e. The lowest BCUT2D eigenvalue weighted by Gasteiger charge is -2.18. The van der Waals surface area contributed by atoms with Crippen LogP contribution in [-0.4, -0.2) is 29.0 Å². The molecule has 2 unspecified atom stereocenters. The second kappa shape index (κ2) is 8.02. The molecule has 4 nitrogen and oxygen atoms in total. The second-order valence-corrected chi connectivity index (χ2v) is 4.76. The average molecular weight is 267 g/mol. The fourth-order valence-electron chi connectivity index (χ4n) is 2.08. The number of rotatable bonds is 8. The van der Waals surface area contributed by atoms with Crippen LogP contribution in [0, 0.1) is 0 Å². The van der Waals surface area contributed by atoms with Gasteiger partial charge in [-0.25, -0.2) is 0 Å². The zero-order chi connectivity index (χ0) is 14.3. The van der Waals surface area contributed by atoms with Crippen LogP contribution in [0.5, 0.6) is 11.5 Å². The van der Waals surface area contributed by atoms with Crippen molar-refractivity contribution in [3.63, 3.8) is 0 Å². The molecule has 0 heterocycles. The molecule has 0 saturated heterocycles. The van der Waals surface area contributed by atoms with Crippen LogP contribution in [0.25, 0.3) is 0 Å². The summed E-state index contributed by atoms with van der Waals surface area (Å²) in [6.45, 7) is 4.44. The van der Waals surface area contributed by atoms with Gasteiger partial charge in [0.15, 0.2) is 11.5 Å². The second-order valence-electron chi connectivity index (χ2n) is 4.76. The standard InChI is InChI=1S/C15H25NO3/c1-3-6-12(16)13(17)10-9-11-7-5-8-14(15(11)18)19-4-2/h5,7-8,12-13,17-18H,3-4,6,9-10,16H2,1-2H3. The molecule has 0 spiro atoms. The van der Waals surface area contributed by atoms with Crippen LogP contribution in [0.3, 0.4) is 0 Å². The SMILES string of the molecule is CCCC(N)C(O)CCc1cccc(OCC)c1O. The summed E-state index contributed by atoms with van der Waals surface area (Å²) in [6, 6.07) is 5.23. The zero-order valence-electron chi connectivity index (χ0n) is 11.8. The summed E-state index contributed by atoms with van der Waals surface area (Å²) in [4.78, 5) is 0.